The van der Waals surface area contributed by atoms with Gasteiger partial charge in [-0.15, -0.1) is 0 Å². The fraction of sp³-hybridized carbons (Fsp3) is 0.400. The summed E-state index contributed by atoms with van der Waals surface area (Å²) in [6, 6.07) is 29.5. The second-order valence-electron chi connectivity index (χ2n) is 15.0. The van der Waals surface area contributed by atoms with Crippen LogP contribution in [0.4, 0.5) is 9.59 Å². The van der Waals surface area contributed by atoms with Crippen LogP contribution in [-0.2, 0) is 22.3 Å². The summed E-state index contributed by atoms with van der Waals surface area (Å²) in [5.74, 6) is 0.997. The van der Waals surface area contributed by atoms with Crippen LogP contribution in [-0.4, -0.2) is 25.5 Å². The molecule has 0 heterocycles. The predicted molar refractivity (Wildman–Crippen MR) is 231 cm³/mol. The Labute approximate surface area is 332 Å². The zero-order chi connectivity index (χ0) is 39.3. The molecule has 0 aliphatic rings. The van der Waals surface area contributed by atoms with E-state index in [1.54, 1.807) is 0 Å². The predicted octanol–water partition coefficient (Wildman–Crippen LogP) is 14.8. The van der Waals surface area contributed by atoms with Crippen molar-refractivity contribution in [1.29, 1.82) is 0 Å². The van der Waals surface area contributed by atoms with Gasteiger partial charge in [-0.05, 0) is 82.3 Å². The molecular weight excluding hydrogens is 697 g/mol. The van der Waals surface area contributed by atoms with Gasteiger partial charge in [-0.25, -0.2) is 9.59 Å². The Hall–Kier alpha value is -5.10. The number of carbonyl (C=O) groups excluding carboxylic acids is 2. The number of ether oxygens (including phenoxy) is 4. The minimum Gasteiger partial charge on any atom is -0.434 e. The first kappa shape index (κ1) is 40.6. The largest absolute Gasteiger partial charge is 0.513 e. The van der Waals surface area contributed by atoms with Crippen LogP contribution in [0, 0.1) is 0 Å². The highest BCUT2D eigenvalue weighted by molar-refractivity contribution is 6.27. The van der Waals surface area contributed by atoms with Gasteiger partial charge in [0.1, 0.15) is 11.5 Å². The van der Waals surface area contributed by atoms with Crippen molar-refractivity contribution in [2.45, 2.75) is 118 Å². The number of benzene rings is 6. The summed E-state index contributed by atoms with van der Waals surface area (Å²) in [7, 11) is 0. The van der Waals surface area contributed by atoms with Crippen LogP contribution < -0.4 is 9.47 Å². The summed E-state index contributed by atoms with van der Waals surface area (Å²) in [6.45, 7) is 9.22. The van der Waals surface area contributed by atoms with Crippen LogP contribution in [0.15, 0.2) is 84.9 Å². The number of rotatable bonds is 19. The van der Waals surface area contributed by atoms with Crippen LogP contribution in [0.5, 0.6) is 11.5 Å². The number of carbonyl (C=O) groups is 2. The lowest BCUT2D eigenvalue weighted by molar-refractivity contribution is 0.0977. The van der Waals surface area contributed by atoms with Crippen LogP contribution >= 0.6 is 0 Å². The van der Waals surface area contributed by atoms with Crippen LogP contribution in [0.1, 0.15) is 116 Å². The van der Waals surface area contributed by atoms with Crippen molar-refractivity contribution in [3.8, 4) is 22.6 Å². The molecule has 6 aromatic rings. The molecule has 0 radical (unpaired) electrons. The molecule has 6 nitrogen and oxygen atoms in total. The van der Waals surface area contributed by atoms with Crippen molar-refractivity contribution in [1.82, 2.24) is 0 Å². The smallest absolute Gasteiger partial charge is 0.434 e. The van der Waals surface area contributed by atoms with Crippen molar-refractivity contribution < 1.29 is 28.5 Å². The van der Waals surface area contributed by atoms with E-state index >= 15 is 0 Å². The topological polar surface area (TPSA) is 71.1 Å². The Morgan fingerprint density at radius 2 is 0.786 bits per heavy atom. The summed E-state index contributed by atoms with van der Waals surface area (Å²) in [4.78, 5) is 26.5. The van der Waals surface area contributed by atoms with Gasteiger partial charge in [-0.1, -0.05) is 164 Å². The normalized spacial score (nSPS) is 11.4. The first-order valence-electron chi connectivity index (χ1n) is 21.1. The lowest BCUT2D eigenvalue weighted by atomic mass is 9.84. The van der Waals surface area contributed by atoms with E-state index in [-0.39, 0.29) is 0 Å². The van der Waals surface area contributed by atoms with Gasteiger partial charge in [0.15, 0.2) is 0 Å². The minimum atomic E-state index is -0.697. The Morgan fingerprint density at radius 3 is 1.18 bits per heavy atom. The maximum Gasteiger partial charge on any atom is 0.513 e. The van der Waals surface area contributed by atoms with Crippen molar-refractivity contribution in [2.75, 3.05) is 13.2 Å². The third-order valence-corrected chi connectivity index (χ3v) is 10.8. The maximum absolute atomic E-state index is 13.2. The molecule has 0 aliphatic heterocycles. The molecule has 6 heteroatoms. The average Bonchev–Trinajstić information content (AvgIpc) is 3.21. The van der Waals surface area contributed by atoms with Crippen LogP contribution in [0.2, 0.25) is 0 Å². The SMILES string of the molecule is CCCCCCc1ccc2c(OC(=O)OCCCC)c3ccccc3c(-c3c4ccccc4c(OC(=O)OCCCC)c4ccc(CCCCCC)cc34)c2c1. The Balaban J connectivity index is 1.66. The summed E-state index contributed by atoms with van der Waals surface area (Å²) < 4.78 is 23.4. The third kappa shape index (κ3) is 9.46. The lowest BCUT2D eigenvalue weighted by Crippen LogP contribution is -2.12. The number of hydrogen-bond donors (Lipinski definition) is 0. The van der Waals surface area contributed by atoms with E-state index in [1.165, 1.54) is 49.7 Å². The molecule has 0 aromatic heterocycles. The highest BCUT2D eigenvalue weighted by atomic mass is 16.7. The molecule has 0 fully saturated rings. The molecule has 0 amide bonds. The third-order valence-electron chi connectivity index (χ3n) is 10.8. The van der Waals surface area contributed by atoms with E-state index in [9.17, 15) is 9.59 Å². The molecule has 0 bridgehead atoms. The van der Waals surface area contributed by atoms with Crippen LogP contribution in [0.3, 0.4) is 0 Å². The molecule has 6 rings (SSSR count). The molecule has 56 heavy (non-hydrogen) atoms. The number of aryl methyl sites for hydroxylation is 2. The molecular formula is C50H58O6. The van der Waals surface area contributed by atoms with E-state index in [2.05, 4.69) is 76.2 Å². The molecule has 0 aliphatic carbocycles. The molecule has 0 spiro atoms. The molecule has 0 saturated heterocycles. The van der Waals surface area contributed by atoms with Gasteiger partial charge in [-0.3, -0.25) is 0 Å². The van der Waals surface area contributed by atoms with Gasteiger partial charge in [0.2, 0.25) is 0 Å². The standard InChI is InChI=1S/C50H58O6/c1-5-9-13-15-21-35-27-29-41-43(33-35)45(37-23-17-19-25-39(37)47(41)55-49(51)53-31-11-7-3)46-38-24-18-20-26-40(38)48(56-50(52)54-32-12-8-4)42-30-28-36(34-44(42)46)22-16-14-10-6-2/h17-20,23-30,33-34H,5-16,21-22,31-32H2,1-4H3. The van der Waals surface area contributed by atoms with Crippen molar-refractivity contribution >= 4 is 55.4 Å². The van der Waals surface area contributed by atoms with Gasteiger partial charge in [0.05, 0.1) is 13.2 Å². The highest BCUT2D eigenvalue weighted by Crippen LogP contribution is 2.50. The Morgan fingerprint density at radius 1 is 0.411 bits per heavy atom. The van der Waals surface area contributed by atoms with Gasteiger partial charge >= 0.3 is 12.3 Å². The molecule has 294 valence electrons. The summed E-state index contributed by atoms with van der Waals surface area (Å²) in [5.41, 5.74) is 4.58. The van der Waals surface area contributed by atoms with Gasteiger partial charge < -0.3 is 18.9 Å². The second-order valence-corrected chi connectivity index (χ2v) is 15.0. The number of fused-ring (bicyclic) bond motifs is 4. The first-order valence-corrected chi connectivity index (χ1v) is 21.1. The monoisotopic (exact) mass is 754 g/mol. The van der Waals surface area contributed by atoms with Gasteiger partial charge in [0.25, 0.3) is 0 Å². The second kappa shape index (κ2) is 20.2. The van der Waals surface area contributed by atoms with Gasteiger partial charge in [-0.2, -0.15) is 0 Å². The van der Waals surface area contributed by atoms with Crippen molar-refractivity contribution in [2.24, 2.45) is 0 Å². The summed E-state index contributed by atoms with van der Waals surface area (Å²) in [5, 5.41) is 7.27. The van der Waals surface area contributed by atoms with Crippen molar-refractivity contribution in [3.63, 3.8) is 0 Å². The van der Waals surface area contributed by atoms with Crippen LogP contribution in [0.25, 0.3) is 54.2 Å². The number of unbranched alkanes of at least 4 members (excludes halogenated alkanes) is 8. The molecule has 0 saturated carbocycles. The molecule has 0 N–H and O–H groups in total. The fourth-order valence-electron chi connectivity index (χ4n) is 7.78. The van der Waals surface area contributed by atoms with E-state index in [1.807, 2.05) is 36.4 Å². The zero-order valence-corrected chi connectivity index (χ0v) is 33.8. The Bertz CT molecular complexity index is 2110. The summed E-state index contributed by atoms with van der Waals surface area (Å²) >= 11 is 0. The average molecular weight is 755 g/mol. The quantitative estimate of drug-likeness (QED) is 0.0355. The first-order chi connectivity index (χ1) is 27.5. The van der Waals surface area contributed by atoms with Crippen molar-refractivity contribution in [3.05, 3.63) is 96.1 Å². The Kier molecular flexibility index (Phi) is 14.6. The van der Waals surface area contributed by atoms with E-state index in [4.69, 9.17) is 18.9 Å². The zero-order valence-electron chi connectivity index (χ0n) is 33.8. The summed E-state index contributed by atoms with van der Waals surface area (Å²) in [6.07, 6.45) is 13.2. The van der Waals surface area contributed by atoms with E-state index in [0.717, 1.165) is 106 Å². The maximum atomic E-state index is 13.2. The lowest BCUT2D eigenvalue weighted by Gasteiger charge is -2.22. The van der Waals surface area contributed by atoms with E-state index < -0.39 is 12.3 Å². The van der Waals surface area contributed by atoms with Gasteiger partial charge in [0, 0.05) is 21.5 Å². The molecule has 6 aromatic carbocycles. The fourth-order valence-corrected chi connectivity index (χ4v) is 7.78. The minimum absolute atomic E-state index is 0.310. The molecule has 0 atom stereocenters. The molecule has 0 unspecified atom stereocenters. The van der Waals surface area contributed by atoms with E-state index in [0.29, 0.717) is 24.7 Å². The highest BCUT2D eigenvalue weighted by Gasteiger charge is 2.25. The number of hydrogen-bond acceptors (Lipinski definition) is 6.